The summed E-state index contributed by atoms with van der Waals surface area (Å²) in [5.74, 6) is 0.0452. The highest BCUT2D eigenvalue weighted by atomic mass is 32.2. The molecule has 0 saturated carbocycles. The molecule has 0 N–H and O–H groups in total. The van der Waals surface area contributed by atoms with Crippen molar-refractivity contribution in [2.45, 2.75) is 23.3 Å². The number of aromatic nitrogens is 5. The summed E-state index contributed by atoms with van der Waals surface area (Å²) in [4.78, 5) is 7.35. The largest absolute Gasteiger partial charge is 0.469 e. The molecule has 6 nitrogen and oxygen atoms in total. The minimum Gasteiger partial charge on any atom is -0.469 e. The number of nitrogens with zero attached hydrogens (tertiary/aromatic N) is 5. The van der Waals surface area contributed by atoms with E-state index in [4.69, 9.17) is 4.42 Å². The molecule has 0 atom stereocenters. The molecule has 0 aliphatic heterocycles. The molecule has 27 heavy (non-hydrogen) atoms. The molecule has 4 rings (SSSR count). The Bertz CT molecular complexity index is 1140. The third kappa shape index (κ3) is 3.16. The Morgan fingerprint density at radius 1 is 1.07 bits per heavy atom. The Labute approximate surface area is 155 Å². The van der Waals surface area contributed by atoms with Gasteiger partial charge in [-0.25, -0.2) is 9.97 Å². The van der Waals surface area contributed by atoms with Crippen molar-refractivity contribution in [3.05, 3.63) is 48.2 Å². The van der Waals surface area contributed by atoms with Crippen molar-refractivity contribution in [3.63, 3.8) is 0 Å². The van der Waals surface area contributed by atoms with Gasteiger partial charge in [-0.2, -0.15) is 13.2 Å². The number of rotatable bonds is 3. The molecule has 0 aliphatic rings. The van der Waals surface area contributed by atoms with Gasteiger partial charge in [0, 0.05) is 12.4 Å². The van der Waals surface area contributed by atoms with Crippen LogP contribution in [0.5, 0.6) is 0 Å². The summed E-state index contributed by atoms with van der Waals surface area (Å²) in [6, 6.07) is 8.31. The summed E-state index contributed by atoms with van der Waals surface area (Å²) in [6.07, 6.45) is -3.10. The lowest BCUT2D eigenvalue weighted by molar-refractivity contribution is -0.145. The maximum atomic E-state index is 13.2. The molecule has 0 bridgehead atoms. The van der Waals surface area contributed by atoms with E-state index in [0.717, 1.165) is 17.3 Å². The van der Waals surface area contributed by atoms with Crippen molar-refractivity contribution >= 4 is 22.7 Å². The first-order valence-electron chi connectivity index (χ1n) is 7.80. The van der Waals surface area contributed by atoms with Crippen molar-refractivity contribution < 1.29 is 17.6 Å². The van der Waals surface area contributed by atoms with E-state index < -0.39 is 12.0 Å². The predicted molar refractivity (Wildman–Crippen MR) is 92.1 cm³/mol. The second kappa shape index (κ2) is 6.38. The average Bonchev–Trinajstić information content (AvgIpc) is 3.20. The first-order chi connectivity index (χ1) is 12.8. The van der Waals surface area contributed by atoms with Gasteiger partial charge >= 0.3 is 6.18 Å². The molecule has 1 aromatic carbocycles. The van der Waals surface area contributed by atoms with Crippen molar-refractivity contribution in [1.29, 1.82) is 0 Å². The van der Waals surface area contributed by atoms with Gasteiger partial charge in [0.2, 0.25) is 5.82 Å². The van der Waals surface area contributed by atoms with Crippen LogP contribution in [0.25, 0.3) is 22.3 Å². The second-order valence-corrected chi connectivity index (χ2v) is 6.68. The van der Waals surface area contributed by atoms with Crippen LogP contribution in [0.1, 0.15) is 11.6 Å². The number of hydrogen-bond acceptors (Lipinski definition) is 6. The van der Waals surface area contributed by atoms with Gasteiger partial charge in [-0.3, -0.25) is 0 Å². The van der Waals surface area contributed by atoms with Crippen LogP contribution in [0.3, 0.4) is 0 Å². The van der Waals surface area contributed by atoms with E-state index in [9.17, 15) is 13.2 Å². The van der Waals surface area contributed by atoms with Gasteiger partial charge in [-0.1, -0.05) is 18.2 Å². The molecular formula is C17H12F3N5OS. The van der Waals surface area contributed by atoms with E-state index >= 15 is 0 Å². The monoisotopic (exact) mass is 391 g/mol. The quantitative estimate of drug-likeness (QED) is 0.479. The molecule has 4 aromatic rings. The maximum Gasteiger partial charge on any atom is 0.451 e. The third-order valence-corrected chi connectivity index (χ3v) is 4.99. The lowest BCUT2D eigenvalue weighted by atomic mass is 10.2. The van der Waals surface area contributed by atoms with Gasteiger partial charge in [0.05, 0.1) is 17.3 Å². The molecule has 3 heterocycles. The van der Waals surface area contributed by atoms with E-state index in [-0.39, 0.29) is 10.5 Å². The molecule has 0 spiro atoms. The number of furan rings is 1. The SMILES string of the molecule is Cc1occc1-c1nnc(Sc2nc(C(F)(F)F)nc3ccccc23)n1C. The number of halogens is 3. The van der Waals surface area contributed by atoms with Crippen molar-refractivity contribution in [2.24, 2.45) is 7.05 Å². The highest BCUT2D eigenvalue weighted by Crippen LogP contribution is 2.35. The van der Waals surface area contributed by atoms with E-state index in [1.807, 2.05) is 0 Å². The Hall–Kier alpha value is -2.88. The maximum absolute atomic E-state index is 13.2. The van der Waals surface area contributed by atoms with Crippen molar-refractivity contribution in [3.8, 4) is 11.4 Å². The van der Waals surface area contributed by atoms with Crippen LogP contribution in [0.2, 0.25) is 0 Å². The summed E-state index contributed by atoms with van der Waals surface area (Å²) < 4.78 is 46.5. The van der Waals surface area contributed by atoms with Gasteiger partial charge in [-0.05, 0) is 30.8 Å². The van der Waals surface area contributed by atoms with Gasteiger partial charge < -0.3 is 8.98 Å². The number of hydrogen-bond donors (Lipinski definition) is 0. The Balaban J connectivity index is 1.80. The molecule has 0 unspecified atom stereocenters. The molecule has 0 amide bonds. The average molecular weight is 391 g/mol. The zero-order valence-corrected chi connectivity index (χ0v) is 15.0. The molecule has 138 valence electrons. The number of benzene rings is 1. The topological polar surface area (TPSA) is 69.6 Å². The highest BCUT2D eigenvalue weighted by molar-refractivity contribution is 7.99. The van der Waals surface area contributed by atoms with Crippen LogP contribution < -0.4 is 0 Å². The zero-order valence-electron chi connectivity index (χ0n) is 14.2. The number of fused-ring (bicyclic) bond motifs is 1. The van der Waals surface area contributed by atoms with E-state index in [2.05, 4.69) is 20.2 Å². The van der Waals surface area contributed by atoms with Crippen LogP contribution in [-0.4, -0.2) is 24.7 Å². The first-order valence-corrected chi connectivity index (χ1v) is 8.62. The second-order valence-electron chi connectivity index (χ2n) is 5.72. The Morgan fingerprint density at radius 2 is 1.85 bits per heavy atom. The number of para-hydroxylation sites is 1. The third-order valence-electron chi connectivity index (χ3n) is 3.94. The Kier molecular flexibility index (Phi) is 4.14. The summed E-state index contributed by atoms with van der Waals surface area (Å²) in [7, 11) is 1.73. The summed E-state index contributed by atoms with van der Waals surface area (Å²) in [6.45, 7) is 1.80. The predicted octanol–water partition coefficient (Wildman–Crippen LogP) is 4.50. The van der Waals surface area contributed by atoms with Gasteiger partial charge in [0.15, 0.2) is 11.0 Å². The lowest BCUT2D eigenvalue weighted by Crippen LogP contribution is -2.12. The van der Waals surface area contributed by atoms with Crippen molar-refractivity contribution in [2.75, 3.05) is 0 Å². The minimum atomic E-state index is -4.64. The van der Waals surface area contributed by atoms with Crippen LogP contribution in [0.4, 0.5) is 13.2 Å². The summed E-state index contributed by atoms with van der Waals surface area (Å²) in [5.41, 5.74) is 0.982. The van der Waals surface area contributed by atoms with E-state index in [1.54, 1.807) is 49.1 Å². The molecule has 0 aliphatic carbocycles. The van der Waals surface area contributed by atoms with Crippen LogP contribution in [-0.2, 0) is 13.2 Å². The zero-order chi connectivity index (χ0) is 19.2. The minimum absolute atomic E-state index is 0.166. The Morgan fingerprint density at radius 3 is 2.56 bits per heavy atom. The van der Waals surface area contributed by atoms with Crippen molar-refractivity contribution in [1.82, 2.24) is 24.7 Å². The normalized spacial score (nSPS) is 12.0. The molecule has 0 radical (unpaired) electrons. The molecule has 0 saturated heterocycles. The van der Waals surface area contributed by atoms with Crippen LogP contribution in [0, 0.1) is 6.92 Å². The van der Waals surface area contributed by atoms with E-state index in [0.29, 0.717) is 22.1 Å². The highest BCUT2D eigenvalue weighted by Gasteiger charge is 2.35. The molecule has 3 aromatic heterocycles. The summed E-state index contributed by atoms with van der Waals surface area (Å²) >= 11 is 1.01. The number of alkyl halides is 3. The van der Waals surface area contributed by atoms with Gasteiger partial charge in [-0.15, -0.1) is 10.2 Å². The van der Waals surface area contributed by atoms with E-state index in [1.165, 1.54) is 6.07 Å². The van der Waals surface area contributed by atoms with Crippen LogP contribution >= 0.6 is 11.8 Å². The van der Waals surface area contributed by atoms with Gasteiger partial charge in [0.25, 0.3) is 0 Å². The molecule has 0 fully saturated rings. The summed E-state index contributed by atoms with van der Waals surface area (Å²) in [5, 5.41) is 9.32. The van der Waals surface area contributed by atoms with Gasteiger partial charge in [0.1, 0.15) is 10.8 Å². The fourth-order valence-corrected chi connectivity index (χ4v) is 3.49. The number of aryl methyl sites for hydroxylation is 1. The lowest BCUT2D eigenvalue weighted by Gasteiger charge is -2.10. The fourth-order valence-electron chi connectivity index (χ4n) is 2.59. The molecule has 10 heteroatoms. The smallest absolute Gasteiger partial charge is 0.451 e. The fraction of sp³-hybridized carbons (Fsp3) is 0.176. The first kappa shape index (κ1) is 17.5. The molecular weight excluding hydrogens is 379 g/mol. The van der Waals surface area contributed by atoms with Crippen LogP contribution in [0.15, 0.2) is 51.2 Å². The standard InChI is InChI=1S/C17H12F3N5OS/c1-9-10(7-8-26-9)13-23-24-16(25(13)2)27-14-11-5-3-4-6-12(11)21-15(22-14)17(18,19)20/h3-8H,1-2H3.